The summed E-state index contributed by atoms with van der Waals surface area (Å²) in [6.45, 7) is 4.84. The van der Waals surface area contributed by atoms with Crippen LogP contribution in [0.15, 0.2) is 127 Å². The number of nitrogens with zero attached hydrogens (tertiary/aromatic N) is 2. The van der Waals surface area contributed by atoms with Crippen molar-refractivity contribution in [1.29, 1.82) is 0 Å². The first kappa shape index (κ1) is 22.9. The highest BCUT2D eigenvalue weighted by molar-refractivity contribution is 6.31. The SMILES string of the molecule is CC1(C)c2ccccc2-c2c1c1c(c3ccccc3n1-c1ccccc1)c1c2c2ccccc2n1C1C=CC=CC1. The molecule has 0 N–H and O–H groups in total. The Morgan fingerprint density at radius 3 is 2.12 bits per heavy atom. The molecule has 0 saturated heterocycles. The number of hydrogen-bond acceptors (Lipinski definition) is 0. The van der Waals surface area contributed by atoms with Gasteiger partial charge in [0.05, 0.1) is 22.6 Å². The third-order valence-electron chi connectivity index (χ3n) is 9.56. The molecule has 0 aliphatic heterocycles. The summed E-state index contributed by atoms with van der Waals surface area (Å²) in [6, 6.07) is 38.4. The molecule has 0 radical (unpaired) electrons. The average Bonchev–Trinajstić information content (AvgIpc) is 3.62. The summed E-state index contributed by atoms with van der Waals surface area (Å²) in [5.41, 5.74) is 11.9. The maximum absolute atomic E-state index is 2.64. The molecule has 2 aromatic heterocycles. The Bertz CT molecular complexity index is 2250. The zero-order valence-electron chi connectivity index (χ0n) is 23.3. The van der Waals surface area contributed by atoms with Crippen molar-refractivity contribution in [2.75, 3.05) is 0 Å². The number of allylic oxidation sites excluding steroid dienone is 4. The van der Waals surface area contributed by atoms with Gasteiger partial charge in [-0.05, 0) is 52.9 Å². The standard InChI is InChI=1S/C39H30N2/c1-39(2)30-22-12-9-19-27(30)33-34-28-20-10-13-23-31(28)40(25-15-5-3-6-16-25)37(34)35-29-21-11-14-24-32(29)41(38(35)36(33)39)26-17-7-4-8-18-26/h3-15,17-25H,16H2,1-2H3. The van der Waals surface area contributed by atoms with Crippen LogP contribution in [0.25, 0.3) is 60.4 Å². The fraction of sp³-hybridized carbons (Fsp3) is 0.128. The van der Waals surface area contributed by atoms with Crippen LogP contribution in [0.2, 0.25) is 0 Å². The Labute approximate surface area is 239 Å². The van der Waals surface area contributed by atoms with Crippen molar-refractivity contribution in [2.45, 2.75) is 31.7 Å². The Balaban J connectivity index is 1.64. The quantitative estimate of drug-likeness (QED) is 0.212. The molecule has 1 unspecified atom stereocenters. The number of para-hydroxylation sites is 3. The lowest BCUT2D eigenvalue weighted by molar-refractivity contribution is 0.649. The van der Waals surface area contributed by atoms with Gasteiger partial charge in [-0.1, -0.05) is 117 Å². The van der Waals surface area contributed by atoms with Crippen LogP contribution < -0.4 is 0 Å². The highest BCUT2D eigenvalue weighted by atomic mass is 15.0. The van der Waals surface area contributed by atoms with Gasteiger partial charge in [0.25, 0.3) is 0 Å². The topological polar surface area (TPSA) is 9.86 Å². The minimum Gasteiger partial charge on any atom is -0.333 e. The van der Waals surface area contributed by atoms with Gasteiger partial charge in [0.1, 0.15) is 0 Å². The lowest BCUT2D eigenvalue weighted by Crippen LogP contribution is -2.17. The number of fused-ring (bicyclic) bond motifs is 12. The zero-order valence-corrected chi connectivity index (χ0v) is 23.3. The van der Waals surface area contributed by atoms with E-state index in [0.29, 0.717) is 0 Å². The molecule has 2 heterocycles. The molecular formula is C39H30N2. The number of aromatic nitrogens is 2. The molecular weight excluding hydrogens is 496 g/mol. The first-order valence-corrected chi connectivity index (χ1v) is 14.7. The molecule has 9 rings (SSSR count). The van der Waals surface area contributed by atoms with Crippen LogP contribution in [0.1, 0.15) is 37.4 Å². The fourth-order valence-corrected chi connectivity index (χ4v) is 7.93. The molecule has 0 amide bonds. The van der Waals surface area contributed by atoms with Crippen LogP contribution in [-0.2, 0) is 5.41 Å². The summed E-state index contributed by atoms with van der Waals surface area (Å²) >= 11 is 0. The van der Waals surface area contributed by atoms with Crippen LogP contribution in [0.5, 0.6) is 0 Å². The first-order chi connectivity index (χ1) is 20.2. The van der Waals surface area contributed by atoms with Crippen LogP contribution >= 0.6 is 0 Å². The molecule has 5 aromatic carbocycles. The number of hydrogen-bond donors (Lipinski definition) is 0. The molecule has 41 heavy (non-hydrogen) atoms. The van der Waals surface area contributed by atoms with Crippen molar-refractivity contribution in [3.63, 3.8) is 0 Å². The summed E-state index contributed by atoms with van der Waals surface area (Å²) < 4.78 is 5.18. The van der Waals surface area contributed by atoms with Crippen molar-refractivity contribution >= 4 is 43.6 Å². The molecule has 0 fully saturated rings. The van der Waals surface area contributed by atoms with Crippen molar-refractivity contribution in [1.82, 2.24) is 9.13 Å². The van der Waals surface area contributed by atoms with Crippen molar-refractivity contribution in [2.24, 2.45) is 0 Å². The second-order valence-electron chi connectivity index (χ2n) is 12.1. The van der Waals surface area contributed by atoms with Gasteiger partial charge in [-0.2, -0.15) is 0 Å². The molecule has 7 aromatic rings. The van der Waals surface area contributed by atoms with Gasteiger partial charge >= 0.3 is 0 Å². The van der Waals surface area contributed by atoms with Crippen molar-refractivity contribution in [3.05, 3.63) is 139 Å². The molecule has 1 atom stereocenters. The monoisotopic (exact) mass is 526 g/mol. The molecule has 0 saturated carbocycles. The van der Waals surface area contributed by atoms with E-state index < -0.39 is 0 Å². The first-order valence-electron chi connectivity index (χ1n) is 14.7. The molecule has 2 nitrogen and oxygen atoms in total. The van der Waals surface area contributed by atoms with Crippen molar-refractivity contribution in [3.8, 4) is 16.8 Å². The third kappa shape index (κ3) is 2.87. The molecule has 2 aliphatic rings. The van der Waals surface area contributed by atoms with E-state index in [0.717, 1.165) is 6.42 Å². The van der Waals surface area contributed by atoms with E-state index in [1.807, 2.05) is 0 Å². The van der Waals surface area contributed by atoms with Gasteiger partial charge in [-0.25, -0.2) is 0 Å². The molecule has 0 bridgehead atoms. The Morgan fingerprint density at radius 1 is 0.659 bits per heavy atom. The minimum atomic E-state index is -0.157. The summed E-state index contributed by atoms with van der Waals surface area (Å²) in [6.07, 6.45) is 10.1. The van der Waals surface area contributed by atoms with E-state index in [2.05, 4.69) is 150 Å². The second kappa shape index (κ2) is 8.11. The molecule has 0 spiro atoms. The highest BCUT2D eigenvalue weighted by Crippen LogP contribution is 2.58. The Kier molecular flexibility index (Phi) is 4.54. The predicted molar refractivity (Wildman–Crippen MR) is 173 cm³/mol. The van der Waals surface area contributed by atoms with E-state index in [-0.39, 0.29) is 11.5 Å². The van der Waals surface area contributed by atoms with Gasteiger partial charge in [0, 0.05) is 38.2 Å². The summed E-state index contributed by atoms with van der Waals surface area (Å²) in [4.78, 5) is 0. The van der Waals surface area contributed by atoms with Crippen LogP contribution in [0.4, 0.5) is 0 Å². The lowest BCUT2D eigenvalue weighted by Gasteiger charge is -2.25. The third-order valence-corrected chi connectivity index (χ3v) is 9.56. The summed E-state index contributed by atoms with van der Waals surface area (Å²) in [5, 5.41) is 5.40. The van der Waals surface area contributed by atoms with E-state index in [4.69, 9.17) is 0 Å². The lowest BCUT2D eigenvalue weighted by atomic mass is 9.81. The predicted octanol–water partition coefficient (Wildman–Crippen LogP) is 10.3. The largest absolute Gasteiger partial charge is 0.333 e. The molecule has 2 aliphatic carbocycles. The summed E-state index contributed by atoms with van der Waals surface area (Å²) in [5.74, 6) is 0. The van der Waals surface area contributed by atoms with Gasteiger partial charge in [0.2, 0.25) is 0 Å². The minimum absolute atomic E-state index is 0.157. The zero-order chi connectivity index (χ0) is 27.3. The average molecular weight is 527 g/mol. The fourth-order valence-electron chi connectivity index (χ4n) is 7.93. The van der Waals surface area contributed by atoms with Gasteiger partial charge in [-0.15, -0.1) is 0 Å². The van der Waals surface area contributed by atoms with Crippen LogP contribution in [0, 0.1) is 0 Å². The summed E-state index contributed by atoms with van der Waals surface area (Å²) in [7, 11) is 0. The van der Waals surface area contributed by atoms with Gasteiger partial charge in [0.15, 0.2) is 0 Å². The van der Waals surface area contributed by atoms with Crippen LogP contribution in [-0.4, -0.2) is 9.13 Å². The number of benzene rings is 5. The van der Waals surface area contributed by atoms with Gasteiger partial charge in [-0.3, -0.25) is 0 Å². The Morgan fingerprint density at radius 2 is 1.34 bits per heavy atom. The van der Waals surface area contributed by atoms with E-state index >= 15 is 0 Å². The number of rotatable bonds is 2. The smallest absolute Gasteiger partial charge is 0.0609 e. The highest BCUT2D eigenvalue weighted by Gasteiger charge is 2.41. The van der Waals surface area contributed by atoms with E-state index in [1.54, 1.807) is 0 Å². The van der Waals surface area contributed by atoms with E-state index in [1.165, 1.54) is 71.6 Å². The van der Waals surface area contributed by atoms with Crippen LogP contribution in [0.3, 0.4) is 0 Å². The van der Waals surface area contributed by atoms with E-state index in [9.17, 15) is 0 Å². The maximum Gasteiger partial charge on any atom is 0.0609 e. The molecule has 196 valence electrons. The normalized spacial score (nSPS) is 17.2. The maximum atomic E-state index is 2.64. The molecule has 2 heteroatoms. The second-order valence-corrected chi connectivity index (χ2v) is 12.1. The van der Waals surface area contributed by atoms with Crippen molar-refractivity contribution < 1.29 is 0 Å². The Hall–Kier alpha value is -4.82. The van der Waals surface area contributed by atoms with Gasteiger partial charge < -0.3 is 9.13 Å².